The molecule has 3 aromatic carbocycles. The van der Waals surface area contributed by atoms with Gasteiger partial charge in [-0.1, -0.05) is 67.8 Å². The fourth-order valence-electron chi connectivity index (χ4n) is 2.61. The summed E-state index contributed by atoms with van der Waals surface area (Å²) in [5.41, 5.74) is 5.53. The highest BCUT2D eigenvalue weighted by Gasteiger charge is 2.12. The minimum absolute atomic E-state index is 1.10. The summed E-state index contributed by atoms with van der Waals surface area (Å²) in [4.78, 5) is 2.24. The average Bonchev–Trinajstić information content (AvgIpc) is 2.63. The van der Waals surface area contributed by atoms with Crippen molar-refractivity contribution in [2.24, 2.45) is 0 Å². The van der Waals surface area contributed by atoms with Crippen molar-refractivity contribution in [3.63, 3.8) is 0 Å². The van der Waals surface area contributed by atoms with Crippen LogP contribution in [0.5, 0.6) is 0 Å². The molecule has 0 aliphatic heterocycles. The first-order valence-electron chi connectivity index (χ1n) is 7.62. The molecule has 0 N–H and O–H groups in total. The van der Waals surface area contributed by atoms with E-state index in [1.165, 1.54) is 0 Å². The molecule has 0 spiro atoms. The van der Waals surface area contributed by atoms with Crippen molar-refractivity contribution < 1.29 is 0 Å². The van der Waals surface area contributed by atoms with Crippen LogP contribution in [0.1, 0.15) is 11.1 Å². The summed E-state index contributed by atoms with van der Waals surface area (Å²) in [6, 6.07) is 27.1. The maximum absolute atomic E-state index is 3.87. The molecule has 0 aromatic heterocycles. The van der Waals surface area contributed by atoms with E-state index in [0.29, 0.717) is 0 Å². The Kier molecular flexibility index (Phi) is 4.39. The fraction of sp³-hybridized carbons (Fsp3) is 0. The predicted molar refractivity (Wildman–Crippen MR) is 101 cm³/mol. The zero-order valence-corrected chi connectivity index (χ0v) is 13.0. The number of nitrogens with zero attached hydrogens (tertiary/aromatic N) is 1. The maximum Gasteiger partial charge on any atom is 0.0467 e. The van der Waals surface area contributed by atoms with Crippen molar-refractivity contribution in [3.05, 3.63) is 103 Å². The van der Waals surface area contributed by atoms with Gasteiger partial charge in [-0.15, -0.1) is 0 Å². The first-order valence-corrected chi connectivity index (χ1v) is 7.62. The normalized spacial score (nSPS) is 10.1. The molecule has 3 rings (SSSR count). The van der Waals surface area contributed by atoms with E-state index in [0.717, 1.165) is 28.2 Å². The highest BCUT2D eigenvalue weighted by molar-refractivity contribution is 5.78. The molecule has 3 aromatic rings. The summed E-state index contributed by atoms with van der Waals surface area (Å²) in [5, 5.41) is 0. The SMILES string of the molecule is C=Cc1cccc(N(c2ccccc2)c2cccc(C=C)c2)c1. The van der Waals surface area contributed by atoms with Gasteiger partial charge in [-0.05, 0) is 47.5 Å². The van der Waals surface area contributed by atoms with Crippen LogP contribution < -0.4 is 4.90 Å². The van der Waals surface area contributed by atoms with Crippen LogP contribution in [0.25, 0.3) is 12.2 Å². The van der Waals surface area contributed by atoms with Crippen LogP contribution in [-0.4, -0.2) is 0 Å². The van der Waals surface area contributed by atoms with Crippen LogP contribution in [0.4, 0.5) is 17.1 Å². The highest BCUT2D eigenvalue weighted by Crippen LogP contribution is 2.35. The van der Waals surface area contributed by atoms with Crippen LogP contribution in [0.3, 0.4) is 0 Å². The second kappa shape index (κ2) is 6.80. The van der Waals surface area contributed by atoms with Gasteiger partial charge in [0.2, 0.25) is 0 Å². The van der Waals surface area contributed by atoms with Crippen LogP contribution >= 0.6 is 0 Å². The molecule has 0 aliphatic rings. The minimum Gasteiger partial charge on any atom is -0.310 e. The maximum atomic E-state index is 3.87. The Balaban J connectivity index is 2.17. The Morgan fingerprint density at radius 3 is 1.52 bits per heavy atom. The smallest absolute Gasteiger partial charge is 0.0467 e. The second-order valence-corrected chi connectivity index (χ2v) is 5.27. The number of rotatable bonds is 5. The third-order valence-corrected chi connectivity index (χ3v) is 3.74. The zero-order chi connectivity index (χ0) is 16.1. The van der Waals surface area contributed by atoms with E-state index in [2.05, 4.69) is 90.9 Å². The molecule has 0 unspecified atom stereocenters. The molecule has 1 heteroatoms. The summed E-state index contributed by atoms with van der Waals surface area (Å²) >= 11 is 0. The molecule has 0 bridgehead atoms. The molecular weight excluding hydrogens is 278 g/mol. The van der Waals surface area contributed by atoms with Crippen LogP contribution in [0.15, 0.2) is 92.0 Å². The number of hydrogen-bond donors (Lipinski definition) is 0. The van der Waals surface area contributed by atoms with Crippen molar-refractivity contribution in [1.82, 2.24) is 0 Å². The lowest BCUT2D eigenvalue weighted by Gasteiger charge is -2.26. The van der Waals surface area contributed by atoms with Gasteiger partial charge in [-0.3, -0.25) is 0 Å². The molecule has 0 heterocycles. The van der Waals surface area contributed by atoms with Gasteiger partial charge in [-0.25, -0.2) is 0 Å². The fourth-order valence-corrected chi connectivity index (χ4v) is 2.61. The van der Waals surface area contributed by atoms with E-state index in [-0.39, 0.29) is 0 Å². The molecule has 0 aliphatic carbocycles. The lowest BCUT2D eigenvalue weighted by atomic mass is 10.1. The number of para-hydroxylation sites is 1. The Bertz CT molecular complexity index is 767. The van der Waals surface area contributed by atoms with E-state index < -0.39 is 0 Å². The quantitative estimate of drug-likeness (QED) is 0.523. The van der Waals surface area contributed by atoms with Crippen molar-refractivity contribution >= 4 is 29.2 Å². The molecule has 0 saturated heterocycles. The lowest BCUT2D eigenvalue weighted by Crippen LogP contribution is -2.10. The van der Waals surface area contributed by atoms with Gasteiger partial charge < -0.3 is 4.90 Å². The number of benzene rings is 3. The van der Waals surface area contributed by atoms with Crippen molar-refractivity contribution in [1.29, 1.82) is 0 Å². The molecule has 0 amide bonds. The Morgan fingerprint density at radius 1 is 0.565 bits per heavy atom. The van der Waals surface area contributed by atoms with Crippen molar-refractivity contribution in [2.75, 3.05) is 4.90 Å². The predicted octanol–water partition coefficient (Wildman–Crippen LogP) is 6.44. The van der Waals surface area contributed by atoms with Gasteiger partial charge in [0.25, 0.3) is 0 Å². The van der Waals surface area contributed by atoms with Gasteiger partial charge in [0.1, 0.15) is 0 Å². The summed E-state index contributed by atoms with van der Waals surface area (Å²) in [6.07, 6.45) is 3.74. The van der Waals surface area contributed by atoms with Gasteiger partial charge in [0.15, 0.2) is 0 Å². The van der Waals surface area contributed by atoms with Gasteiger partial charge >= 0.3 is 0 Å². The third-order valence-electron chi connectivity index (χ3n) is 3.74. The van der Waals surface area contributed by atoms with Gasteiger partial charge in [0, 0.05) is 17.1 Å². The monoisotopic (exact) mass is 297 g/mol. The third kappa shape index (κ3) is 3.24. The van der Waals surface area contributed by atoms with Gasteiger partial charge in [0.05, 0.1) is 0 Å². The van der Waals surface area contributed by atoms with E-state index in [4.69, 9.17) is 0 Å². The molecule has 0 fully saturated rings. The second-order valence-electron chi connectivity index (χ2n) is 5.27. The average molecular weight is 297 g/mol. The zero-order valence-electron chi connectivity index (χ0n) is 13.0. The standard InChI is InChI=1S/C22H19N/c1-3-18-10-8-14-21(16-18)23(20-12-6-5-7-13-20)22-15-9-11-19(4-2)17-22/h3-17H,1-2H2. The summed E-state index contributed by atoms with van der Waals surface area (Å²) in [6.45, 7) is 7.74. The van der Waals surface area contributed by atoms with E-state index >= 15 is 0 Å². The first-order chi connectivity index (χ1) is 11.3. The van der Waals surface area contributed by atoms with E-state index in [1.807, 2.05) is 18.2 Å². The van der Waals surface area contributed by atoms with Gasteiger partial charge in [-0.2, -0.15) is 0 Å². The summed E-state index contributed by atoms with van der Waals surface area (Å²) in [7, 11) is 0. The van der Waals surface area contributed by atoms with Crippen LogP contribution in [0.2, 0.25) is 0 Å². The number of hydrogen-bond acceptors (Lipinski definition) is 1. The minimum atomic E-state index is 1.10. The molecule has 0 saturated carbocycles. The largest absolute Gasteiger partial charge is 0.310 e. The summed E-state index contributed by atoms with van der Waals surface area (Å²) in [5.74, 6) is 0. The Labute approximate surface area is 137 Å². The molecule has 1 nitrogen and oxygen atoms in total. The molecular formula is C22H19N. The van der Waals surface area contributed by atoms with Crippen molar-refractivity contribution in [3.8, 4) is 0 Å². The molecule has 0 radical (unpaired) electrons. The Hall–Kier alpha value is -3.06. The summed E-state index contributed by atoms with van der Waals surface area (Å²) < 4.78 is 0. The molecule has 0 atom stereocenters. The molecule has 112 valence electrons. The lowest BCUT2D eigenvalue weighted by molar-refractivity contribution is 1.28. The molecule has 23 heavy (non-hydrogen) atoms. The Morgan fingerprint density at radius 2 is 1.04 bits per heavy atom. The van der Waals surface area contributed by atoms with Crippen LogP contribution in [-0.2, 0) is 0 Å². The first kappa shape index (κ1) is 14.9. The topological polar surface area (TPSA) is 3.24 Å². The van der Waals surface area contributed by atoms with E-state index in [1.54, 1.807) is 0 Å². The van der Waals surface area contributed by atoms with E-state index in [9.17, 15) is 0 Å². The highest BCUT2D eigenvalue weighted by atomic mass is 15.1. The number of anilines is 3. The van der Waals surface area contributed by atoms with Crippen LogP contribution in [0, 0.1) is 0 Å². The van der Waals surface area contributed by atoms with Crippen molar-refractivity contribution in [2.45, 2.75) is 0 Å².